The van der Waals surface area contributed by atoms with E-state index in [2.05, 4.69) is 18.7 Å². The number of likely N-dealkylation sites (tertiary alicyclic amines) is 1. The van der Waals surface area contributed by atoms with Gasteiger partial charge in [0.05, 0.1) is 18.3 Å². The molecular weight excluding hydrogens is 322 g/mol. The van der Waals surface area contributed by atoms with E-state index in [0.717, 1.165) is 23.7 Å². The van der Waals surface area contributed by atoms with Crippen LogP contribution in [0.2, 0.25) is 0 Å². The van der Waals surface area contributed by atoms with E-state index in [4.69, 9.17) is 4.74 Å². The molecule has 26 heavy (non-hydrogen) atoms. The minimum Gasteiger partial charge on any atom is -0.391 e. The summed E-state index contributed by atoms with van der Waals surface area (Å²) in [5.41, 5.74) is 0.684. The standard InChI is InChI=1S/C23H37NO2/c1-22-8-7-16-15(6-5-14-11-19-20(26-19)13-23(14,16)2)17(22)12-18(21(22)25)24-9-3-4-10-24/h14-21,25H,3-13H2,1-2H3/t14?,15?,16?,17?,18-,19-,20+,21+,22-,23-/m0/s1. The lowest BCUT2D eigenvalue weighted by Crippen LogP contribution is -2.54. The fourth-order valence-corrected chi connectivity index (χ4v) is 8.93. The average Bonchev–Trinajstić information content (AvgIpc) is 3.02. The predicted molar refractivity (Wildman–Crippen MR) is 102 cm³/mol. The molecule has 2 saturated heterocycles. The minimum atomic E-state index is -0.0976. The molecule has 0 bridgehead atoms. The number of rotatable bonds is 1. The SMILES string of the molecule is C[C@]12C[C@H]3O[C@H]3CC1CCC1C2CC[C@@]2(C)C1C[C@H](N1CCCC1)[C@H]2O. The summed E-state index contributed by atoms with van der Waals surface area (Å²) in [5.74, 6) is 3.39. The summed E-state index contributed by atoms with van der Waals surface area (Å²) < 4.78 is 5.98. The van der Waals surface area contributed by atoms with Crippen LogP contribution < -0.4 is 0 Å². The van der Waals surface area contributed by atoms with Gasteiger partial charge in [-0.1, -0.05) is 13.8 Å². The minimum absolute atomic E-state index is 0.0976. The second-order valence-corrected chi connectivity index (χ2v) is 11.3. The van der Waals surface area contributed by atoms with Gasteiger partial charge in [-0.2, -0.15) is 0 Å². The molecule has 6 fully saturated rings. The van der Waals surface area contributed by atoms with Crippen LogP contribution >= 0.6 is 0 Å². The normalized spacial score (nSPS) is 61.5. The molecular formula is C23H37NO2. The van der Waals surface area contributed by atoms with Gasteiger partial charge in [-0.25, -0.2) is 0 Å². The number of fused-ring (bicyclic) bond motifs is 6. The van der Waals surface area contributed by atoms with Gasteiger partial charge >= 0.3 is 0 Å². The maximum absolute atomic E-state index is 11.4. The molecule has 0 aromatic rings. The molecule has 3 nitrogen and oxygen atoms in total. The molecule has 0 spiro atoms. The van der Waals surface area contributed by atoms with Gasteiger partial charge in [0.15, 0.2) is 0 Å². The van der Waals surface area contributed by atoms with Crippen LogP contribution in [0, 0.1) is 34.5 Å². The number of epoxide rings is 1. The van der Waals surface area contributed by atoms with E-state index in [0.29, 0.717) is 23.7 Å². The van der Waals surface area contributed by atoms with E-state index in [1.807, 2.05) is 0 Å². The van der Waals surface area contributed by atoms with Gasteiger partial charge in [0.2, 0.25) is 0 Å². The smallest absolute Gasteiger partial charge is 0.0847 e. The van der Waals surface area contributed by atoms with Crippen LogP contribution in [0.4, 0.5) is 0 Å². The monoisotopic (exact) mass is 359 g/mol. The van der Waals surface area contributed by atoms with Gasteiger partial charge in [0, 0.05) is 6.04 Å². The van der Waals surface area contributed by atoms with Gasteiger partial charge in [-0.05, 0) is 105 Å². The van der Waals surface area contributed by atoms with Gasteiger partial charge < -0.3 is 9.84 Å². The zero-order valence-electron chi connectivity index (χ0n) is 16.7. The van der Waals surface area contributed by atoms with Gasteiger partial charge in [0.25, 0.3) is 0 Å². The first kappa shape index (κ1) is 16.8. The van der Waals surface area contributed by atoms with E-state index in [-0.39, 0.29) is 11.5 Å². The van der Waals surface area contributed by atoms with Crippen molar-refractivity contribution in [3.8, 4) is 0 Å². The molecule has 2 heterocycles. The Morgan fingerprint density at radius 2 is 1.73 bits per heavy atom. The molecule has 6 rings (SSSR count). The van der Waals surface area contributed by atoms with Crippen LogP contribution in [0.25, 0.3) is 0 Å². The van der Waals surface area contributed by atoms with Crippen LogP contribution in [-0.4, -0.2) is 47.4 Å². The van der Waals surface area contributed by atoms with Crippen molar-refractivity contribution in [3.63, 3.8) is 0 Å². The zero-order chi connectivity index (χ0) is 17.7. The van der Waals surface area contributed by atoms with Crippen LogP contribution in [0.3, 0.4) is 0 Å². The lowest BCUT2D eigenvalue weighted by atomic mass is 9.45. The Morgan fingerprint density at radius 3 is 2.54 bits per heavy atom. The van der Waals surface area contributed by atoms with E-state index in [1.165, 1.54) is 70.9 Å². The quantitative estimate of drug-likeness (QED) is 0.723. The lowest BCUT2D eigenvalue weighted by molar-refractivity contribution is -0.119. The fourth-order valence-electron chi connectivity index (χ4n) is 8.93. The predicted octanol–water partition coefficient (Wildman–Crippen LogP) is 3.84. The average molecular weight is 360 g/mol. The Bertz CT molecular complexity index is 589. The zero-order valence-corrected chi connectivity index (χ0v) is 16.7. The Balaban J connectivity index is 1.29. The van der Waals surface area contributed by atoms with E-state index >= 15 is 0 Å². The van der Waals surface area contributed by atoms with Crippen LogP contribution in [-0.2, 0) is 4.74 Å². The molecule has 1 N–H and O–H groups in total. The third-order valence-corrected chi connectivity index (χ3v) is 10.5. The van der Waals surface area contributed by atoms with Crippen molar-refractivity contribution >= 4 is 0 Å². The highest BCUT2D eigenvalue weighted by atomic mass is 16.6. The Hall–Kier alpha value is -0.120. The fraction of sp³-hybridized carbons (Fsp3) is 1.00. The second kappa shape index (κ2) is 5.48. The number of hydrogen-bond acceptors (Lipinski definition) is 3. The van der Waals surface area contributed by atoms with Gasteiger partial charge in [-0.3, -0.25) is 4.90 Å². The number of aliphatic hydroxyl groups is 1. The summed E-state index contributed by atoms with van der Waals surface area (Å²) >= 11 is 0. The molecule has 2 aliphatic heterocycles. The molecule has 4 aliphatic carbocycles. The van der Waals surface area contributed by atoms with E-state index < -0.39 is 0 Å². The Kier molecular flexibility index (Phi) is 3.54. The number of nitrogens with zero attached hydrogens (tertiary/aromatic N) is 1. The Morgan fingerprint density at radius 1 is 0.923 bits per heavy atom. The molecule has 4 saturated carbocycles. The largest absolute Gasteiger partial charge is 0.391 e. The Labute approximate surface area is 158 Å². The highest BCUT2D eigenvalue weighted by molar-refractivity contribution is 5.15. The van der Waals surface area contributed by atoms with Crippen molar-refractivity contribution < 1.29 is 9.84 Å². The van der Waals surface area contributed by atoms with Crippen molar-refractivity contribution in [3.05, 3.63) is 0 Å². The van der Waals surface area contributed by atoms with Gasteiger partial charge in [0.1, 0.15) is 0 Å². The molecule has 0 amide bonds. The summed E-state index contributed by atoms with van der Waals surface area (Å²) in [6.07, 6.45) is 13.1. The molecule has 0 aromatic heterocycles. The molecule has 4 unspecified atom stereocenters. The van der Waals surface area contributed by atoms with Crippen LogP contribution in [0.15, 0.2) is 0 Å². The lowest BCUT2D eigenvalue weighted by Gasteiger charge is -2.59. The molecule has 146 valence electrons. The highest BCUT2D eigenvalue weighted by Gasteiger charge is 2.65. The summed E-state index contributed by atoms with van der Waals surface area (Å²) in [7, 11) is 0. The first-order chi connectivity index (χ1) is 12.5. The maximum atomic E-state index is 11.4. The first-order valence-electron chi connectivity index (χ1n) is 11.6. The summed E-state index contributed by atoms with van der Waals surface area (Å²) in [4.78, 5) is 2.64. The molecule has 6 aliphatic rings. The topological polar surface area (TPSA) is 36.0 Å². The maximum Gasteiger partial charge on any atom is 0.0847 e. The van der Waals surface area contributed by atoms with Crippen molar-refractivity contribution in [2.45, 2.75) is 96.0 Å². The number of ether oxygens (including phenoxy) is 1. The number of hydrogen-bond donors (Lipinski definition) is 1. The first-order valence-corrected chi connectivity index (χ1v) is 11.6. The van der Waals surface area contributed by atoms with Crippen molar-refractivity contribution in [2.75, 3.05) is 13.1 Å². The summed E-state index contributed by atoms with van der Waals surface area (Å²) in [6, 6.07) is 0.444. The summed E-state index contributed by atoms with van der Waals surface area (Å²) in [6.45, 7) is 7.51. The second-order valence-electron chi connectivity index (χ2n) is 11.3. The van der Waals surface area contributed by atoms with Crippen LogP contribution in [0.1, 0.15) is 71.6 Å². The van der Waals surface area contributed by atoms with E-state index in [9.17, 15) is 5.11 Å². The molecule has 3 heteroatoms. The van der Waals surface area contributed by atoms with E-state index in [1.54, 1.807) is 0 Å². The van der Waals surface area contributed by atoms with Crippen molar-refractivity contribution in [2.24, 2.45) is 34.5 Å². The van der Waals surface area contributed by atoms with Gasteiger partial charge in [-0.15, -0.1) is 0 Å². The highest BCUT2D eigenvalue weighted by Crippen LogP contribution is 2.68. The number of aliphatic hydroxyl groups excluding tert-OH is 1. The van der Waals surface area contributed by atoms with Crippen molar-refractivity contribution in [1.29, 1.82) is 0 Å². The molecule has 10 atom stereocenters. The molecule has 0 aromatic carbocycles. The third-order valence-electron chi connectivity index (χ3n) is 10.5. The van der Waals surface area contributed by atoms with Crippen LogP contribution in [0.5, 0.6) is 0 Å². The summed E-state index contributed by atoms with van der Waals surface area (Å²) in [5, 5.41) is 11.4. The van der Waals surface area contributed by atoms with Crippen molar-refractivity contribution in [1.82, 2.24) is 4.90 Å². The third kappa shape index (κ3) is 2.12. The molecule has 0 radical (unpaired) electrons.